The van der Waals surface area contributed by atoms with Crippen molar-refractivity contribution in [1.29, 1.82) is 0 Å². The van der Waals surface area contributed by atoms with E-state index in [1.165, 1.54) is 0 Å². The first-order valence-electron chi connectivity index (χ1n) is 4.94. The predicted molar refractivity (Wildman–Crippen MR) is 56.3 cm³/mol. The Balaban J connectivity index is 2.53. The van der Waals surface area contributed by atoms with E-state index in [0.717, 1.165) is 17.9 Å². The Labute approximate surface area is 83.8 Å². The van der Waals surface area contributed by atoms with Crippen LogP contribution in [-0.2, 0) is 5.41 Å². The highest BCUT2D eigenvalue weighted by Crippen LogP contribution is 2.24. The largest absolute Gasteiger partial charge is 0.291 e. The van der Waals surface area contributed by atoms with Crippen molar-refractivity contribution < 1.29 is 0 Å². The van der Waals surface area contributed by atoms with Gasteiger partial charge in [0.05, 0.1) is 5.69 Å². The normalized spacial score (nSPS) is 12.2. The van der Waals surface area contributed by atoms with Gasteiger partial charge in [-0.3, -0.25) is 4.40 Å². The van der Waals surface area contributed by atoms with Crippen LogP contribution in [0.15, 0.2) is 24.7 Å². The molecule has 0 spiro atoms. The van der Waals surface area contributed by atoms with Crippen LogP contribution in [0.2, 0.25) is 0 Å². The third-order valence-electron chi connectivity index (χ3n) is 2.84. The summed E-state index contributed by atoms with van der Waals surface area (Å²) in [7, 11) is 0. The molecule has 14 heavy (non-hydrogen) atoms. The molecule has 0 saturated heterocycles. The highest BCUT2D eigenvalue weighted by Gasteiger charge is 2.19. The summed E-state index contributed by atoms with van der Waals surface area (Å²) in [5.41, 5.74) is 1.24. The molecule has 0 aliphatic carbocycles. The van der Waals surface area contributed by atoms with E-state index in [2.05, 4.69) is 36.8 Å². The van der Waals surface area contributed by atoms with Crippen molar-refractivity contribution in [3.8, 4) is 0 Å². The first-order chi connectivity index (χ1) is 6.63. The van der Waals surface area contributed by atoms with Crippen LogP contribution in [0.4, 0.5) is 0 Å². The van der Waals surface area contributed by atoms with E-state index < -0.39 is 0 Å². The van der Waals surface area contributed by atoms with Gasteiger partial charge in [0.15, 0.2) is 0 Å². The molecule has 0 radical (unpaired) electrons. The Morgan fingerprint density at radius 3 is 2.86 bits per heavy atom. The molecular formula is C11H15N3. The number of fused-ring (bicyclic) bond motifs is 1. The van der Waals surface area contributed by atoms with Crippen LogP contribution in [0.5, 0.6) is 0 Å². The molecular weight excluding hydrogens is 174 g/mol. The SMILES string of the molecule is CCC(C)(C)c1ccn2ccnc2n1. The second kappa shape index (κ2) is 3.08. The third-order valence-corrected chi connectivity index (χ3v) is 2.84. The van der Waals surface area contributed by atoms with Crippen LogP contribution in [-0.4, -0.2) is 14.4 Å². The lowest BCUT2D eigenvalue weighted by molar-refractivity contribution is 0.490. The van der Waals surface area contributed by atoms with Gasteiger partial charge in [-0.1, -0.05) is 20.8 Å². The molecule has 0 atom stereocenters. The summed E-state index contributed by atoms with van der Waals surface area (Å²) in [4.78, 5) is 8.71. The van der Waals surface area contributed by atoms with E-state index >= 15 is 0 Å². The molecule has 0 unspecified atom stereocenters. The van der Waals surface area contributed by atoms with Crippen molar-refractivity contribution in [1.82, 2.24) is 14.4 Å². The predicted octanol–water partition coefficient (Wildman–Crippen LogP) is 2.42. The van der Waals surface area contributed by atoms with Crippen LogP contribution in [0.1, 0.15) is 32.9 Å². The van der Waals surface area contributed by atoms with Crippen molar-refractivity contribution in [3.63, 3.8) is 0 Å². The van der Waals surface area contributed by atoms with E-state index in [1.807, 2.05) is 16.8 Å². The molecule has 0 N–H and O–H groups in total. The number of hydrogen-bond acceptors (Lipinski definition) is 2. The standard InChI is InChI=1S/C11H15N3/c1-4-11(2,3)9-5-7-14-8-6-12-10(14)13-9/h5-8H,4H2,1-3H3. The molecule has 0 aliphatic rings. The highest BCUT2D eigenvalue weighted by molar-refractivity contribution is 5.31. The minimum atomic E-state index is 0.133. The second-order valence-electron chi connectivity index (χ2n) is 4.18. The van der Waals surface area contributed by atoms with E-state index in [4.69, 9.17) is 0 Å². The van der Waals surface area contributed by atoms with Gasteiger partial charge < -0.3 is 0 Å². The molecule has 3 nitrogen and oxygen atoms in total. The minimum absolute atomic E-state index is 0.133. The van der Waals surface area contributed by atoms with Gasteiger partial charge in [-0.15, -0.1) is 0 Å². The summed E-state index contributed by atoms with van der Waals surface area (Å²) >= 11 is 0. The third kappa shape index (κ3) is 1.39. The fourth-order valence-corrected chi connectivity index (χ4v) is 1.36. The Morgan fingerprint density at radius 2 is 2.14 bits per heavy atom. The van der Waals surface area contributed by atoms with Crippen LogP contribution < -0.4 is 0 Å². The molecule has 0 amide bonds. The van der Waals surface area contributed by atoms with E-state index in [0.29, 0.717) is 0 Å². The number of rotatable bonds is 2. The van der Waals surface area contributed by atoms with Crippen molar-refractivity contribution in [2.45, 2.75) is 32.6 Å². The van der Waals surface area contributed by atoms with Gasteiger partial charge in [0.1, 0.15) is 0 Å². The molecule has 74 valence electrons. The molecule has 2 aromatic heterocycles. The van der Waals surface area contributed by atoms with E-state index in [1.54, 1.807) is 6.20 Å². The molecule has 2 rings (SSSR count). The first-order valence-corrected chi connectivity index (χ1v) is 4.94. The molecule has 3 heteroatoms. The van der Waals surface area contributed by atoms with E-state index in [9.17, 15) is 0 Å². The van der Waals surface area contributed by atoms with Gasteiger partial charge in [-0.25, -0.2) is 9.97 Å². The Kier molecular flexibility index (Phi) is 2.02. The summed E-state index contributed by atoms with van der Waals surface area (Å²) in [5.74, 6) is 0.782. The number of imidazole rings is 1. The zero-order valence-corrected chi connectivity index (χ0v) is 8.86. The summed E-state index contributed by atoms with van der Waals surface area (Å²) in [6.45, 7) is 6.58. The second-order valence-corrected chi connectivity index (χ2v) is 4.18. The number of aromatic nitrogens is 3. The Morgan fingerprint density at radius 1 is 1.36 bits per heavy atom. The fraction of sp³-hybridized carbons (Fsp3) is 0.455. The zero-order chi connectivity index (χ0) is 10.2. The Bertz CT molecular complexity index is 442. The average molecular weight is 189 g/mol. The molecule has 2 heterocycles. The highest BCUT2D eigenvalue weighted by atomic mass is 15.1. The van der Waals surface area contributed by atoms with Crippen molar-refractivity contribution in [2.24, 2.45) is 0 Å². The zero-order valence-electron chi connectivity index (χ0n) is 8.86. The maximum Gasteiger partial charge on any atom is 0.233 e. The van der Waals surface area contributed by atoms with Gasteiger partial charge in [-0.05, 0) is 12.5 Å². The minimum Gasteiger partial charge on any atom is -0.291 e. The summed E-state index contributed by atoms with van der Waals surface area (Å²) in [5, 5.41) is 0. The number of nitrogens with zero attached hydrogens (tertiary/aromatic N) is 3. The molecule has 0 bridgehead atoms. The molecule has 0 aliphatic heterocycles. The van der Waals surface area contributed by atoms with Crippen molar-refractivity contribution >= 4 is 5.78 Å². The van der Waals surface area contributed by atoms with Gasteiger partial charge in [-0.2, -0.15) is 0 Å². The molecule has 0 aromatic carbocycles. The Hall–Kier alpha value is -1.38. The molecule has 0 fully saturated rings. The topological polar surface area (TPSA) is 30.2 Å². The fourth-order valence-electron chi connectivity index (χ4n) is 1.36. The smallest absolute Gasteiger partial charge is 0.233 e. The first kappa shape index (κ1) is 9.19. The maximum atomic E-state index is 4.53. The lowest BCUT2D eigenvalue weighted by atomic mass is 9.86. The average Bonchev–Trinajstić information content (AvgIpc) is 2.64. The maximum absolute atomic E-state index is 4.53. The molecule has 0 saturated carbocycles. The monoisotopic (exact) mass is 189 g/mol. The van der Waals surface area contributed by atoms with Gasteiger partial charge in [0.2, 0.25) is 5.78 Å². The van der Waals surface area contributed by atoms with Crippen LogP contribution in [0.25, 0.3) is 5.78 Å². The number of hydrogen-bond donors (Lipinski definition) is 0. The van der Waals surface area contributed by atoms with Crippen LogP contribution in [0.3, 0.4) is 0 Å². The van der Waals surface area contributed by atoms with Gasteiger partial charge in [0.25, 0.3) is 0 Å². The van der Waals surface area contributed by atoms with Crippen molar-refractivity contribution in [2.75, 3.05) is 0 Å². The molecule has 2 aromatic rings. The lowest BCUT2D eigenvalue weighted by Gasteiger charge is -2.21. The van der Waals surface area contributed by atoms with Crippen LogP contribution >= 0.6 is 0 Å². The summed E-state index contributed by atoms with van der Waals surface area (Å²) < 4.78 is 1.93. The van der Waals surface area contributed by atoms with Crippen LogP contribution in [0, 0.1) is 0 Å². The summed E-state index contributed by atoms with van der Waals surface area (Å²) in [6, 6.07) is 2.07. The van der Waals surface area contributed by atoms with E-state index in [-0.39, 0.29) is 5.41 Å². The lowest BCUT2D eigenvalue weighted by Crippen LogP contribution is -2.17. The van der Waals surface area contributed by atoms with Gasteiger partial charge in [0, 0.05) is 24.0 Å². The van der Waals surface area contributed by atoms with Gasteiger partial charge >= 0.3 is 0 Å². The quantitative estimate of drug-likeness (QED) is 0.726. The van der Waals surface area contributed by atoms with Crippen molar-refractivity contribution in [3.05, 3.63) is 30.4 Å². The summed E-state index contributed by atoms with van der Waals surface area (Å²) in [6.07, 6.45) is 6.77.